The molecule has 0 spiro atoms. The molecule has 80 valence electrons. The average Bonchev–Trinajstić information content (AvgIpc) is 1.99. The maximum Gasteiger partial charge on any atom is 1.00 e. The van der Waals surface area contributed by atoms with Crippen molar-refractivity contribution >= 4 is 10.1 Å². The van der Waals surface area contributed by atoms with Crippen LogP contribution in [0.25, 0.3) is 0 Å². The Labute approximate surface area is 108 Å². The minimum Gasteiger partial charge on any atom is -0.746 e. The zero-order valence-corrected chi connectivity index (χ0v) is 11.9. The zero-order valence-electron chi connectivity index (χ0n) is 9.12. The van der Waals surface area contributed by atoms with E-state index in [-0.39, 0.29) is 42.4 Å². The van der Waals surface area contributed by atoms with Gasteiger partial charge in [0.1, 0.15) is 10.1 Å². The Morgan fingerprint density at radius 1 is 1.21 bits per heavy atom. The summed E-state index contributed by atoms with van der Waals surface area (Å²) in [6.07, 6.45) is 1.88. The third-order valence-electron chi connectivity index (χ3n) is 2.03. The van der Waals surface area contributed by atoms with Crippen LogP contribution in [0.2, 0.25) is 0 Å². The summed E-state index contributed by atoms with van der Waals surface area (Å²) >= 11 is 0. The summed E-state index contributed by atoms with van der Waals surface area (Å²) in [4.78, 5) is -2.04. The van der Waals surface area contributed by atoms with Crippen LogP contribution in [0.3, 0.4) is 0 Å². The Bertz CT molecular complexity index is 240. The Morgan fingerprint density at radius 3 is 2.00 bits per heavy atom. The molecule has 0 aliphatic heterocycles. The van der Waals surface area contributed by atoms with Crippen LogP contribution in [0.15, 0.2) is 0 Å². The van der Waals surface area contributed by atoms with Gasteiger partial charge in [-0.2, -0.15) is 0 Å². The number of aliphatic hydroxyl groups is 1. The molecule has 0 heterocycles. The minimum absolute atomic E-state index is 0. The smallest absolute Gasteiger partial charge is 0.746 e. The van der Waals surface area contributed by atoms with E-state index in [0.29, 0.717) is 12.8 Å². The van der Waals surface area contributed by atoms with Crippen molar-refractivity contribution < 1.29 is 47.6 Å². The molecule has 0 aromatic heterocycles. The monoisotopic (exact) mass is 232 g/mol. The standard InChI is InChI=1S/C8H18O4S.Na/c1-3-5-7-8(9,6-4-2)13(10,11)12;/h9H,3-7H2,1-2H3,(H,10,11,12);/q;+1/p-1. The summed E-state index contributed by atoms with van der Waals surface area (Å²) in [7, 11) is -4.59. The molecule has 14 heavy (non-hydrogen) atoms. The first-order valence-corrected chi connectivity index (χ1v) is 5.96. The minimum atomic E-state index is -4.59. The number of hydrogen-bond acceptors (Lipinski definition) is 4. The van der Waals surface area contributed by atoms with E-state index >= 15 is 0 Å². The molecule has 0 amide bonds. The molecule has 0 saturated carbocycles. The van der Waals surface area contributed by atoms with Crippen molar-refractivity contribution in [2.75, 3.05) is 0 Å². The Hall–Kier alpha value is 0.870. The molecular weight excluding hydrogens is 215 g/mol. The van der Waals surface area contributed by atoms with Crippen LogP contribution >= 0.6 is 0 Å². The van der Waals surface area contributed by atoms with Crippen molar-refractivity contribution in [2.45, 2.75) is 50.9 Å². The van der Waals surface area contributed by atoms with E-state index in [4.69, 9.17) is 0 Å². The fourth-order valence-corrected chi connectivity index (χ4v) is 2.07. The SMILES string of the molecule is CCCCC(O)(CCC)S(=O)(=O)[O-].[Na+]. The largest absolute Gasteiger partial charge is 1.00 e. The van der Waals surface area contributed by atoms with Crippen LogP contribution < -0.4 is 29.6 Å². The summed E-state index contributed by atoms with van der Waals surface area (Å²) < 4.78 is 32.2. The van der Waals surface area contributed by atoms with Gasteiger partial charge in [-0.1, -0.05) is 26.7 Å². The first kappa shape index (κ1) is 17.3. The number of rotatable bonds is 6. The van der Waals surface area contributed by atoms with Crippen LogP contribution in [0, 0.1) is 0 Å². The van der Waals surface area contributed by atoms with Crippen molar-refractivity contribution in [1.82, 2.24) is 0 Å². The molecular formula is C8H17NaO4S. The fraction of sp³-hybridized carbons (Fsp3) is 1.00. The summed E-state index contributed by atoms with van der Waals surface area (Å²) in [6, 6.07) is 0. The molecule has 0 rings (SSSR count). The van der Waals surface area contributed by atoms with Gasteiger partial charge in [0.25, 0.3) is 0 Å². The van der Waals surface area contributed by atoms with E-state index in [1.807, 2.05) is 6.92 Å². The van der Waals surface area contributed by atoms with Gasteiger partial charge >= 0.3 is 29.6 Å². The second-order valence-corrected chi connectivity index (χ2v) is 4.92. The maximum atomic E-state index is 10.7. The molecule has 6 heteroatoms. The van der Waals surface area contributed by atoms with E-state index in [1.54, 1.807) is 6.92 Å². The third kappa shape index (κ3) is 5.09. The predicted molar refractivity (Wildman–Crippen MR) is 49.1 cm³/mol. The summed E-state index contributed by atoms with van der Waals surface area (Å²) in [5, 5.41) is 9.58. The molecule has 1 unspecified atom stereocenters. The van der Waals surface area contributed by atoms with Gasteiger partial charge in [0.2, 0.25) is 0 Å². The van der Waals surface area contributed by atoms with Gasteiger partial charge in [0.15, 0.2) is 4.93 Å². The Kier molecular flexibility index (Phi) is 8.87. The van der Waals surface area contributed by atoms with Crippen LogP contribution in [-0.4, -0.2) is 23.0 Å². The first-order chi connectivity index (χ1) is 5.87. The van der Waals surface area contributed by atoms with Crippen molar-refractivity contribution in [3.8, 4) is 0 Å². The molecule has 1 atom stereocenters. The van der Waals surface area contributed by atoms with Gasteiger partial charge in [-0.15, -0.1) is 0 Å². The van der Waals surface area contributed by atoms with E-state index in [9.17, 15) is 18.1 Å². The maximum absolute atomic E-state index is 10.7. The quantitative estimate of drug-likeness (QED) is 0.433. The van der Waals surface area contributed by atoms with Crippen LogP contribution in [0.5, 0.6) is 0 Å². The van der Waals surface area contributed by atoms with Crippen LogP contribution in [0.4, 0.5) is 0 Å². The fourth-order valence-electron chi connectivity index (χ4n) is 1.22. The Balaban J connectivity index is 0. The van der Waals surface area contributed by atoms with Crippen LogP contribution in [0.1, 0.15) is 46.0 Å². The topological polar surface area (TPSA) is 77.4 Å². The molecule has 0 fully saturated rings. The summed E-state index contributed by atoms with van der Waals surface area (Å²) in [5.74, 6) is 0. The van der Waals surface area contributed by atoms with Crippen molar-refractivity contribution in [2.24, 2.45) is 0 Å². The van der Waals surface area contributed by atoms with Gasteiger partial charge in [-0.05, 0) is 19.3 Å². The molecule has 0 aromatic carbocycles. The second kappa shape index (κ2) is 7.19. The normalized spacial score (nSPS) is 15.7. The molecule has 1 N–H and O–H groups in total. The molecule has 0 aliphatic carbocycles. The Morgan fingerprint density at radius 2 is 1.71 bits per heavy atom. The van der Waals surface area contributed by atoms with Gasteiger partial charge in [0, 0.05) is 0 Å². The molecule has 0 bridgehead atoms. The van der Waals surface area contributed by atoms with E-state index in [0.717, 1.165) is 6.42 Å². The third-order valence-corrected chi connectivity index (χ3v) is 3.37. The van der Waals surface area contributed by atoms with E-state index in [2.05, 4.69) is 0 Å². The summed E-state index contributed by atoms with van der Waals surface area (Å²) in [6.45, 7) is 3.62. The number of unbranched alkanes of at least 4 members (excludes halogenated alkanes) is 1. The number of hydrogen-bond donors (Lipinski definition) is 1. The van der Waals surface area contributed by atoms with Crippen LogP contribution in [-0.2, 0) is 10.1 Å². The van der Waals surface area contributed by atoms with E-state index in [1.165, 1.54) is 0 Å². The predicted octanol–water partition coefficient (Wildman–Crippen LogP) is -1.79. The molecule has 0 aliphatic rings. The summed E-state index contributed by atoms with van der Waals surface area (Å²) in [5.41, 5.74) is 0. The molecule has 0 aromatic rings. The van der Waals surface area contributed by atoms with E-state index < -0.39 is 15.1 Å². The second-order valence-electron chi connectivity index (χ2n) is 3.25. The van der Waals surface area contributed by atoms with Gasteiger partial charge in [-0.25, -0.2) is 8.42 Å². The molecule has 4 nitrogen and oxygen atoms in total. The van der Waals surface area contributed by atoms with Gasteiger partial charge in [0.05, 0.1) is 0 Å². The molecule has 0 radical (unpaired) electrons. The average molecular weight is 232 g/mol. The van der Waals surface area contributed by atoms with Crippen molar-refractivity contribution in [1.29, 1.82) is 0 Å². The van der Waals surface area contributed by atoms with Crippen molar-refractivity contribution in [3.05, 3.63) is 0 Å². The first-order valence-electron chi connectivity index (χ1n) is 4.55. The van der Waals surface area contributed by atoms with Crippen molar-refractivity contribution in [3.63, 3.8) is 0 Å². The molecule has 0 saturated heterocycles. The zero-order chi connectivity index (χ0) is 10.5. The van der Waals surface area contributed by atoms with Gasteiger partial charge < -0.3 is 9.66 Å². The van der Waals surface area contributed by atoms with Gasteiger partial charge in [-0.3, -0.25) is 0 Å².